The first-order valence-corrected chi connectivity index (χ1v) is 6.81. The summed E-state index contributed by atoms with van der Waals surface area (Å²) >= 11 is 11.5. The third kappa shape index (κ3) is 2.41. The summed E-state index contributed by atoms with van der Waals surface area (Å²) in [5.74, 6) is 0. The maximum atomic E-state index is 6.16. The zero-order valence-corrected chi connectivity index (χ0v) is 11.7. The van der Waals surface area contributed by atoms with E-state index >= 15 is 0 Å². The molecule has 0 atom stereocenters. The average molecular weight is 290 g/mol. The Kier molecular flexibility index (Phi) is 3.36. The van der Waals surface area contributed by atoms with Crippen LogP contribution in [0.2, 0.25) is 5.02 Å². The third-order valence-electron chi connectivity index (χ3n) is 3.08. The zero-order chi connectivity index (χ0) is 13.2. The van der Waals surface area contributed by atoms with E-state index in [4.69, 9.17) is 23.8 Å². The van der Waals surface area contributed by atoms with Gasteiger partial charge in [-0.25, -0.2) is 0 Å². The van der Waals surface area contributed by atoms with Crippen LogP contribution in [0.1, 0.15) is 5.69 Å². The van der Waals surface area contributed by atoms with Crippen molar-refractivity contribution >= 4 is 34.9 Å². The highest BCUT2D eigenvalue weighted by molar-refractivity contribution is 7.71. The number of rotatable bonds is 3. The summed E-state index contributed by atoms with van der Waals surface area (Å²) in [6.07, 6.45) is 2.65. The number of imidazole rings is 1. The molecule has 0 aliphatic rings. The SMILES string of the molecule is S=c1[nH]c2c(Cl)cccc2n1CCc1ccccn1. The van der Waals surface area contributed by atoms with E-state index in [-0.39, 0.29) is 0 Å². The largest absolute Gasteiger partial charge is 0.329 e. The molecule has 0 bridgehead atoms. The van der Waals surface area contributed by atoms with Crippen molar-refractivity contribution in [2.45, 2.75) is 13.0 Å². The van der Waals surface area contributed by atoms with Gasteiger partial charge in [-0.2, -0.15) is 0 Å². The number of para-hydroxylation sites is 1. The second-order valence-electron chi connectivity index (χ2n) is 4.29. The smallest absolute Gasteiger partial charge is 0.178 e. The lowest BCUT2D eigenvalue weighted by atomic mass is 10.2. The molecule has 0 amide bonds. The number of aryl methyl sites for hydroxylation is 2. The Bertz CT molecular complexity index is 761. The average Bonchev–Trinajstić information content (AvgIpc) is 2.75. The Hall–Kier alpha value is -1.65. The van der Waals surface area contributed by atoms with E-state index < -0.39 is 0 Å². The van der Waals surface area contributed by atoms with E-state index in [1.807, 2.05) is 36.4 Å². The molecule has 0 spiro atoms. The minimum absolute atomic E-state index is 0.694. The number of halogens is 1. The van der Waals surface area contributed by atoms with Crippen LogP contribution < -0.4 is 0 Å². The van der Waals surface area contributed by atoms with Gasteiger partial charge in [0.2, 0.25) is 0 Å². The molecule has 5 heteroatoms. The molecule has 0 saturated carbocycles. The number of nitrogens with zero attached hydrogens (tertiary/aromatic N) is 2. The second-order valence-corrected chi connectivity index (χ2v) is 5.08. The molecule has 3 nitrogen and oxygen atoms in total. The first-order chi connectivity index (χ1) is 9.25. The predicted molar refractivity (Wildman–Crippen MR) is 80.1 cm³/mol. The van der Waals surface area contributed by atoms with Gasteiger partial charge in [-0.1, -0.05) is 23.7 Å². The van der Waals surface area contributed by atoms with E-state index in [0.717, 1.165) is 29.7 Å². The number of fused-ring (bicyclic) bond motifs is 1. The standard InChI is InChI=1S/C14H12ClN3S/c15-11-5-3-6-12-13(11)17-14(19)18(12)9-7-10-4-1-2-8-16-10/h1-6,8H,7,9H2,(H,17,19). The molecule has 0 aliphatic heterocycles. The highest BCUT2D eigenvalue weighted by atomic mass is 35.5. The monoisotopic (exact) mass is 289 g/mol. The molecular weight excluding hydrogens is 278 g/mol. The molecule has 19 heavy (non-hydrogen) atoms. The van der Waals surface area contributed by atoms with Crippen molar-refractivity contribution in [2.24, 2.45) is 0 Å². The number of pyridine rings is 1. The molecule has 0 unspecified atom stereocenters. The molecule has 2 heterocycles. The molecule has 1 aromatic carbocycles. The molecular formula is C14H12ClN3S. The summed E-state index contributed by atoms with van der Waals surface area (Å²) in [7, 11) is 0. The van der Waals surface area contributed by atoms with Crippen LogP contribution >= 0.6 is 23.8 Å². The fourth-order valence-electron chi connectivity index (χ4n) is 2.14. The van der Waals surface area contributed by atoms with Crippen LogP contribution in [0.5, 0.6) is 0 Å². The van der Waals surface area contributed by atoms with Gasteiger partial charge in [-0.15, -0.1) is 0 Å². The van der Waals surface area contributed by atoms with E-state index in [1.165, 1.54) is 0 Å². The Morgan fingerprint density at radius 1 is 1.21 bits per heavy atom. The van der Waals surface area contributed by atoms with Crippen molar-refractivity contribution < 1.29 is 0 Å². The van der Waals surface area contributed by atoms with Crippen LogP contribution in [0.3, 0.4) is 0 Å². The maximum Gasteiger partial charge on any atom is 0.178 e. The minimum atomic E-state index is 0.694. The lowest BCUT2D eigenvalue weighted by molar-refractivity contribution is 0.695. The Balaban J connectivity index is 1.95. The summed E-state index contributed by atoms with van der Waals surface area (Å²) < 4.78 is 2.75. The van der Waals surface area contributed by atoms with Crippen LogP contribution in [0.15, 0.2) is 42.6 Å². The van der Waals surface area contributed by atoms with E-state index in [9.17, 15) is 0 Å². The number of aromatic nitrogens is 3. The van der Waals surface area contributed by atoms with E-state index in [0.29, 0.717) is 9.79 Å². The lowest BCUT2D eigenvalue weighted by Gasteiger charge is -2.04. The van der Waals surface area contributed by atoms with E-state index in [1.54, 1.807) is 6.20 Å². The number of H-pyrrole nitrogens is 1. The highest BCUT2D eigenvalue weighted by Gasteiger charge is 2.07. The van der Waals surface area contributed by atoms with Crippen LogP contribution in [-0.2, 0) is 13.0 Å². The molecule has 0 radical (unpaired) electrons. The van der Waals surface area contributed by atoms with Crippen molar-refractivity contribution in [3.8, 4) is 0 Å². The van der Waals surface area contributed by atoms with Gasteiger partial charge < -0.3 is 9.55 Å². The summed E-state index contributed by atoms with van der Waals surface area (Å²) in [5.41, 5.74) is 2.99. The molecule has 1 N–H and O–H groups in total. The Morgan fingerprint density at radius 2 is 2.11 bits per heavy atom. The predicted octanol–water partition coefficient (Wildman–Crippen LogP) is 3.99. The second kappa shape index (κ2) is 5.15. The number of aromatic amines is 1. The third-order valence-corrected chi connectivity index (χ3v) is 3.71. The fraction of sp³-hybridized carbons (Fsp3) is 0.143. The first kappa shape index (κ1) is 12.4. The van der Waals surface area contributed by atoms with Gasteiger partial charge in [0, 0.05) is 24.9 Å². The quantitative estimate of drug-likeness (QED) is 0.740. The lowest BCUT2D eigenvalue weighted by Crippen LogP contribution is -2.02. The van der Waals surface area contributed by atoms with Crippen molar-refractivity contribution in [1.82, 2.24) is 14.5 Å². The molecule has 3 rings (SSSR count). The van der Waals surface area contributed by atoms with Crippen molar-refractivity contribution in [3.63, 3.8) is 0 Å². The van der Waals surface area contributed by atoms with Gasteiger partial charge in [0.05, 0.1) is 16.1 Å². The van der Waals surface area contributed by atoms with Crippen LogP contribution in [0.25, 0.3) is 11.0 Å². The van der Waals surface area contributed by atoms with Crippen LogP contribution in [0, 0.1) is 4.77 Å². The van der Waals surface area contributed by atoms with Crippen molar-refractivity contribution in [2.75, 3.05) is 0 Å². The summed E-state index contributed by atoms with van der Waals surface area (Å²) in [4.78, 5) is 7.48. The minimum Gasteiger partial charge on any atom is -0.329 e. The fourth-order valence-corrected chi connectivity index (χ4v) is 2.65. The van der Waals surface area contributed by atoms with Gasteiger partial charge in [-0.3, -0.25) is 4.98 Å². The maximum absolute atomic E-state index is 6.16. The Morgan fingerprint density at radius 3 is 2.89 bits per heavy atom. The van der Waals surface area contributed by atoms with Crippen molar-refractivity contribution in [1.29, 1.82) is 0 Å². The molecule has 2 aromatic heterocycles. The van der Waals surface area contributed by atoms with E-state index in [2.05, 4.69) is 14.5 Å². The molecule has 0 fully saturated rings. The van der Waals surface area contributed by atoms with Gasteiger partial charge in [0.25, 0.3) is 0 Å². The number of nitrogens with one attached hydrogen (secondary N) is 1. The highest BCUT2D eigenvalue weighted by Crippen LogP contribution is 2.22. The van der Waals surface area contributed by atoms with Gasteiger partial charge in [0.1, 0.15) is 0 Å². The number of hydrogen-bond donors (Lipinski definition) is 1. The summed E-state index contributed by atoms with van der Waals surface area (Å²) in [6.45, 7) is 0.788. The van der Waals surface area contributed by atoms with Crippen molar-refractivity contribution in [3.05, 3.63) is 58.1 Å². The molecule has 0 saturated heterocycles. The molecule has 96 valence electrons. The van der Waals surface area contributed by atoms with Gasteiger partial charge >= 0.3 is 0 Å². The summed E-state index contributed by atoms with van der Waals surface area (Å²) in [5, 5.41) is 0.695. The molecule has 3 aromatic rings. The summed E-state index contributed by atoms with van der Waals surface area (Å²) in [6, 6.07) is 11.7. The first-order valence-electron chi connectivity index (χ1n) is 6.02. The normalized spacial score (nSPS) is 11.0. The van der Waals surface area contributed by atoms with Gasteiger partial charge in [0.15, 0.2) is 4.77 Å². The Labute approximate surface area is 120 Å². The number of benzene rings is 1. The van der Waals surface area contributed by atoms with Crippen LogP contribution in [-0.4, -0.2) is 14.5 Å². The zero-order valence-electron chi connectivity index (χ0n) is 10.1. The number of hydrogen-bond acceptors (Lipinski definition) is 2. The topological polar surface area (TPSA) is 33.6 Å². The van der Waals surface area contributed by atoms with Gasteiger partial charge in [-0.05, 0) is 36.5 Å². The van der Waals surface area contributed by atoms with Crippen LogP contribution in [0.4, 0.5) is 0 Å². The molecule has 0 aliphatic carbocycles.